The highest BCUT2D eigenvalue weighted by Crippen LogP contribution is 2.20. The third kappa shape index (κ3) is 6.33. The molecule has 2 aliphatic heterocycles. The number of guanidine groups is 1. The quantitative estimate of drug-likeness (QED) is 0.529. The number of aromatic nitrogens is 1. The van der Waals surface area contributed by atoms with Crippen molar-refractivity contribution in [3.63, 3.8) is 0 Å². The van der Waals surface area contributed by atoms with Gasteiger partial charge in [0.1, 0.15) is 6.26 Å². The number of hydrogen-bond acceptors (Lipinski definition) is 5. The van der Waals surface area contributed by atoms with Crippen molar-refractivity contribution in [2.45, 2.75) is 46.3 Å². The van der Waals surface area contributed by atoms with E-state index in [2.05, 4.69) is 63.3 Å². The summed E-state index contributed by atoms with van der Waals surface area (Å²) in [6.07, 6.45) is 4.27. The van der Waals surface area contributed by atoms with Gasteiger partial charge in [0.15, 0.2) is 5.96 Å². The molecule has 0 saturated carbocycles. The first-order valence-corrected chi connectivity index (χ1v) is 12.1. The molecule has 7 nitrogen and oxygen atoms in total. The molecule has 2 aliphatic rings. The molecule has 0 aliphatic carbocycles. The fourth-order valence-corrected chi connectivity index (χ4v) is 4.58. The Morgan fingerprint density at radius 3 is 2.41 bits per heavy atom. The van der Waals surface area contributed by atoms with Gasteiger partial charge in [-0.2, -0.15) is 0 Å². The van der Waals surface area contributed by atoms with Crippen LogP contribution in [0.1, 0.15) is 43.5 Å². The van der Waals surface area contributed by atoms with Crippen molar-refractivity contribution in [1.29, 1.82) is 0 Å². The molecule has 32 heavy (non-hydrogen) atoms. The highest BCUT2D eigenvalue weighted by molar-refractivity contribution is 5.80. The minimum Gasteiger partial charge on any atom is -0.364 e. The number of hydrogen-bond donors (Lipinski definition) is 1. The van der Waals surface area contributed by atoms with Crippen molar-refractivity contribution in [3.8, 4) is 0 Å². The summed E-state index contributed by atoms with van der Waals surface area (Å²) in [6, 6.07) is 10.8. The third-order valence-electron chi connectivity index (χ3n) is 6.67. The number of likely N-dealkylation sites (tertiary alicyclic amines) is 1. The molecule has 3 heterocycles. The van der Waals surface area contributed by atoms with Crippen LogP contribution in [0, 0.1) is 5.92 Å². The first-order chi connectivity index (χ1) is 15.7. The summed E-state index contributed by atoms with van der Waals surface area (Å²) in [4.78, 5) is 12.4. The lowest BCUT2D eigenvalue weighted by molar-refractivity contribution is 0.169. The molecule has 2 saturated heterocycles. The van der Waals surface area contributed by atoms with E-state index in [0.717, 1.165) is 69.9 Å². The topological polar surface area (TPSA) is 60.1 Å². The zero-order valence-corrected chi connectivity index (χ0v) is 19.7. The molecule has 2 aromatic rings. The maximum Gasteiger partial charge on any atom is 0.194 e. The van der Waals surface area contributed by atoms with Crippen LogP contribution < -0.4 is 5.32 Å². The summed E-state index contributed by atoms with van der Waals surface area (Å²) in [7, 11) is 0. The Kier molecular flexibility index (Phi) is 8.18. The van der Waals surface area contributed by atoms with Gasteiger partial charge in [0.25, 0.3) is 0 Å². The normalized spacial score (nSPS) is 19.4. The van der Waals surface area contributed by atoms with E-state index in [9.17, 15) is 0 Å². The van der Waals surface area contributed by atoms with Gasteiger partial charge >= 0.3 is 0 Å². The van der Waals surface area contributed by atoms with Crippen LogP contribution in [0.15, 0.2) is 46.1 Å². The number of piperidine rings is 1. The van der Waals surface area contributed by atoms with Crippen LogP contribution in [0.25, 0.3) is 0 Å². The molecule has 7 heteroatoms. The Hall–Kier alpha value is -2.38. The Morgan fingerprint density at radius 2 is 1.72 bits per heavy atom. The fourth-order valence-electron chi connectivity index (χ4n) is 4.58. The molecule has 1 N–H and O–H groups in total. The van der Waals surface area contributed by atoms with Gasteiger partial charge in [0.05, 0.1) is 12.2 Å². The van der Waals surface area contributed by atoms with Gasteiger partial charge in [-0.3, -0.25) is 9.80 Å². The number of nitrogens with zero attached hydrogens (tertiary/aromatic N) is 5. The lowest BCUT2D eigenvalue weighted by atomic mass is 9.98. The number of rotatable bonds is 7. The molecule has 0 bridgehead atoms. The number of benzene rings is 1. The molecular weight excluding hydrogens is 400 g/mol. The van der Waals surface area contributed by atoms with E-state index in [1.165, 1.54) is 37.1 Å². The molecule has 0 radical (unpaired) electrons. The van der Waals surface area contributed by atoms with Gasteiger partial charge < -0.3 is 14.7 Å². The summed E-state index contributed by atoms with van der Waals surface area (Å²) in [5.74, 6) is 1.89. The standard InChI is InChI=1S/C25H38N6O/c1-3-26-25(31-15-13-30(14-16-31)20-24-10-17-32-28-24)27-18-22-6-4-5-7-23(22)19-29-11-8-21(2)9-12-29/h4-7,10,17,21H,3,8-9,11-16,18-20H2,1-2H3,(H,26,27). The second kappa shape index (κ2) is 11.5. The minimum atomic E-state index is 0.724. The lowest BCUT2D eigenvalue weighted by Crippen LogP contribution is -2.52. The molecular formula is C25H38N6O. The molecule has 0 atom stereocenters. The van der Waals surface area contributed by atoms with E-state index in [0.29, 0.717) is 0 Å². The van der Waals surface area contributed by atoms with E-state index in [-0.39, 0.29) is 0 Å². The van der Waals surface area contributed by atoms with Crippen LogP contribution in [0.2, 0.25) is 0 Å². The Bertz CT molecular complexity index is 836. The Labute approximate surface area is 192 Å². The highest BCUT2D eigenvalue weighted by Gasteiger charge is 2.21. The summed E-state index contributed by atoms with van der Waals surface area (Å²) in [5, 5.41) is 7.55. The van der Waals surface area contributed by atoms with Crippen LogP contribution in [0.4, 0.5) is 0 Å². The summed E-state index contributed by atoms with van der Waals surface area (Å²) >= 11 is 0. The van der Waals surface area contributed by atoms with Gasteiger partial charge in [-0.25, -0.2) is 4.99 Å². The molecule has 2 fully saturated rings. The summed E-state index contributed by atoms with van der Waals surface area (Å²) in [6.45, 7) is 14.4. The highest BCUT2D eigenvalue weighted by atomic mass is 16.5. The predicted molar refractivity (Wildman–Crippen MR) is 128 cm³/mol. The Balaban J connectivity index is 1.35. The van der Waals surface area contributed by atoms with E-state index in [1.807, 2.05) is 6.07 Å². The first kappa shape index (κ1) is 22.8. The first-order valence-electron chi connectivity index (χ1n) is 12.1. The maximum absolute atomic E-state index is 5.04. The smallest absolute Gasteiger partial charge is 0.194 e. The van der Waals surface area contributed by atoms with Crippen molar-refractivity contribution >= 4 is 5.96 Å². The molecule has 0 spiro atoms. The van der Waals surface area contributed by atoms with E-state index >= 15 is 0 Å². The van der Waals surface area contributed by atoms with Gasteiger partial charge in [0, 0.05) is 51.9 Å². The van der Waals surface area contributed by atoms with Crippen molar-refractivity contribution in [3.05, 3.63) is 53.4 Å². The van der Waals surface area contributed by atoms with Crippen molar-refractivity contribution in [2.75, 3.05) is 45.8 Å². The summed E-state index contributed by atoms with van der Waals surface area (Å²) in [5.41, 5.74) is 3.75. The van der Waals surface area contributed by atoms with Gasteiger partial charge in [-0.15, -0.1) is 0 Å². The fraction of sp³-hybridized carbons (Fsp3) is 0.600. The van der Waals surface area contributed by atoms with E-state index < -0.39 is 0 Å². The average Bonchev–Trinajstić information content (AvgIpc) is 3.33. The van der Waals surface area contributed by atoms with Crippen LogP contribution in [-0.2, 0) is 19.6 Å². The second-order valence-corrected chi connectivity index (χ2v) is 9.15. The van der Waals surface area contributed by atoms with Crippen LogP contribution in [0.3, 0.4) is 0 Å². The van der Waals surface area contributed by atoms with Crippen molar-refractivity contribution in [2.24, 2.45) is 10.9 Å². The maximum atomic E-state index is 5.04. The SMILES string of the molecule is CCNC(=NCc1ccccc1CN1CCC(C)CC1)N1CCN(Cc2ccon2)CC1. The number of nitrogens with one attached hydrogen (secondary N) is 1. The zero-order valence-electron chi connectivity index (χ0n) is 19.7. The van der Waals surface area contributed by atoms with Crippen molar-refractivity contribution < 1.29 is 4.52 Å². The zero-order chi connectivity index (χ0) is 22.2. The number of piperazine rings is 1. The largest absolute Gasteiger partial charge is 0.364 e. The number of aliphatic imine (C=N–C) groups is 1. The Morgan fingerprint density at radius 1 is 1.00 bits per heavy atom. The minimum absolute atomic E-state index is 0.724. The average molecular weight is 439 g/mol. The van der Waals surface area contributed by atoms with Crippen LogP contribution in [-0.4, -0.2) is 71.6 Å². The molecule has 1 aromatic carbocycles. The molecule has 0 amide bonds. The van der Waals surface area contributed by atoms with Crippen LogP contribution in [0.5, 0.6) is 0 Å². The second-order valence-electron chi connectivity index (χ2n) is 9.15. The van der Waals surface area contributed by atoms with E-state index in [4.69, 9.17) is 9.52 Å². The van der Waals surface area contributed by atoms with Crippen molar-refractivity contribution in [1.82, 2.24) is 25.2 Å². The van der Waals surface area contributed by atoms with E-state index in [1.54, 1.807) is 6.26 Å². The molecule has 0 unspecified atom stereocenters. The predicted octanol–water partition coefficient (Wildman–Crippen LogP) is 3.19. The lowest BCUT2D eigenvalue weighted by Gasteiger charge is -2.36. The monoisotopic (exact) mass is 438 g/mol. The van der Waals surface area contributed by atoms with Crippen LogP contribution >= 0.6 is 0 Å². The third-order valence-corrected chi connectivity index (χ3v) is 6.67. The molecule has 174 valence electrons. The van der Waals surface area contributed by atoms with Gasteiger partial charge in [0.2, 0.25) is 0 Å². The molecule has 1 aromatic heterocycles. The van der Waals surface area contributed by atoms with Gasteiger partial charge in [-0.1, -0.05) is 36.3 Å². The molecule has 4 rings (SSSR count). The van der Waals surface area contributed by atoms with Gasteiger partial charge in [-0.05, 0) is 49.9 Å². The summed E-state index contributed by atoms with van der Waals surface area (Å²) < 4.78 is 4.96.